The van der Waals surface area contributed by atoms with Crippen molar-refractivity contribution in [1.29, 1.82) is 0 Å². The minimum absolute atomic E-state index is 0. The van der Waals surface area contributed by atoms with Gasteiger partial charge >= 0.3 is 26.4 Å². The first-order chi connectivity index (χ1) is 51.1. The van der Waals surface area contributed by atoms with Gasteiger partial charge in [-0.15, -0.1) is 0 Å². The Labute approximate surface area is 665 Å². The van der Waals surface area contributed by atoms with Crippen molar-refractivity contribution in [3.8, 4) is 22.5 Å². The maximum atomic E-state index is 12.8. The van der Waals surface area contributed by atoms with Gasteiger partial charge in [-0.05, 0) is 241 Å². The minimum atomic E-state index is -0.546. The van der Waals surface area contributed by atoms with Crippen LogP contribution in [0, 0.1) is 0 Å². The van der Waals surface area contributed by atoms with E-state index in [0.29, 0.717) is 13.1 Å². The summed E-state index contributed by atoms with van der Waals surface area (Å²) in [4.78, 5) is 45.4. The highest BCUT2D eigenvalue weighted by Crippen LogP contribution is 2.43. The lowest BCUT2D eigenvalue weighted by Gasteiger charge is -2.32. The van der Waals surface area contributed by atoms with Crippen LogP contribution >= 0.6 is 31.9 Å². The van der Waals surface area contributed by atoms with Crippen LogP contribution in [0.3, 0.4) is 0 Å². The maximum Gasteiger partial charge on any atom is 0.494 e. The molecule has 0 radical (unpaired) electrons. The Kier molecular flexibility index (Phi) is 24.9. The van der Waals surface area contributed by atoms with E-state index in [2.05, 4.69) is 253 Å². The van der Waals surface area contributed by atoms with Crippen LogP contribution in [-0.2, 0) is 28.1 Å². The quantitative estimate of drug-likeness (QED) is 0.0727. The van der Waals surface area contributed by atoms with E-state index in [4.69, 9.17) is 32.3 Å². The van der Waals surface area contributed by atoms with Crippen LogP contribution in [0.4, 0.5) is 9.59 Å². The molecular formula is C87H117B2Br2N9O8. The highest BCUT2D eigenvalue weighted by atomic mass is 79.9. The summed E-state index contributed by atoms with van der Waals surface area (Å²) in [5.41, 5.74) is 10.3. The van der Waals surface area contributed by atoms with Gasteiger partial charge < -0.3 is 54.0 Å². The first-order valence-electron chi connectivity index (χ1n) is 39.0. The SMILES string of the molecule is C.C.C.[2H]N1C(c2ccc(-c3cnc(C4CCCN4C(=O)OC(C)(C)C)[nH]3)cc2)CCC1c1ccc(-c2cnc(C3CCCN3C(=O)OC(C)(C)C)[nH]2)cc1.[2H]N1C(c2ccc(B3OC(C)(C)C(C)(C)O3)cc2)CCC1c1ccc(B2OC(C)(C)C(C)(C)O2)cc1.[2H]N1C(c2ccc(Br)cc2)CCC1c1ccc(Br)cc1. The zero-order chi connectivity index (χ0) is 77.0. The van der Waals surface area contributed by atoms with Crippen LogP contribution in [-0.4, -0.2) is 103 Å². The average molecular weight is 1600 g/mol. The molecule has 9 heterocycles. The molecule has 6 aromatic carbocycles. The molecule has 5 N–H and O–H groups in total. The highest BCUT2D eigenvalue weighted by Gasteiger charge is 2.53. The van der Waals surface area contributed by atoms with Crippen molar-refractivity contribution >= 4 is 69.2 Å². The lowest BCUT2D eigenvalue weighted by Crippen LogP contribution is -2.41. The number of hydrogen-bond acceptors (Lipinski definition) is 13. The molecule has 8 aromatic rings. The van der Waals surface area contributed by atoms with Crippen LogP contribution in [0.2, 0.25) is 4.24 Å². The van der Waals surface area contributed by atoms with Gasteiger partial charge in [0.05, 0.1) is 58.3 Å². The smallest absolute Gasteiger partial charge is 0.444 e. The monoisotopic (exact) mass is 1600 g/mol. The number of carbonyl (C=O) groups excluding carboxylic acids is 2. The predicted octanol–water partition coefficient (Wildman–Crippen LogP) is 20.5. The van der Waals surface area contributed by atoms with Crippen molar-refractivity contribution in [3.63, 3.8) is 0 Å². The topological polar surface area (TPSA) is 189 Å². The van der Waals surface area contributed by atoms with E-state index >= 15 is 0 Å². The van der Waals surface area contributed by atoms with Crippen molar-refractivity contribution in [2.75, 3.05) is 13.1 Å². The van der Waals surface area contributed by atoms with Gasteiger partial charge in [-0.1, -0.05) is 175 Å². The van der Waals surface area contributed by atoms with Crippen LogP contribution in [0.5, 0.6) is 0 Å². The Bertz CT molecular complexity index is 4100. The second-order valence-corrected chi connectivity index (χ2v) is 35.0. The van der Waals surface area contributed by atoms with E-state index < -0.39 is 11.2 Å². The number of halogens is 2. The molecule has 7 fully saturated rings. The fraction of sp³-hybridized carbons (Fsp3) is 0.494. The number of H-pyrrole nitrogens is 2. The molecule has 108 heavy (non-hydrogen) atoms. The number of nitrogens with one attached hydrogen (secondary N) is 5. The van der Waals surface area contributed by atoms with Crippen LogP contribution in [0.1, 0.15) is 277 Å². The van der Waals surface area contributed by atoms with Crippen molar-refractivity contribution in [2.45, 2.75) is 265 Å². The van der Waals surface area contributed by atoms with Crippen LogP contribution in [0.15, 0.2) is 167 Å². The lowest BCUT2D eigenvalue weighted by molar-refractivity contribution is 0.00578. The average Bonchev–Trinajstić information content (AvgIpc) is 1.63. The largest absolute Gasteiger partial charge is 0.494 e. The summed E-state index contributed by atoms with van der Waals surface area (Å²) in [7, 11) is -0.732. The fourth-order valence-electron chi connectivity index (χ4n) is 14.9. The van der Waals surface area contributed by atoms with Crippen molar-refractivity contribution in [3.05, 3.63) is 212 Å². The third-order valence-electron chi connectivity index (χ3n) is 22.2. The lowest BCUT2D eigenvalue weighted by atomic mass is 9.78. The Morgan fingerprint density at radius 1 is 0.426 bits per heavy atom. The molecular weight excluding hydrogens is 1480 g/mol. The number of ether oxygens (including phenoxy) is 2. The van der Waals surface area contributed by atoms with Crippen molar-refractivity contribution in [1.82, 2.24) is 45.7 Å². The minimum Gasteiger partial charge on any atom is -0.444 e. The molecule has 0 bridgehead atoms. The van der Waals surface area contributed by atoms with E-state index in [1.807, 2.05) is 53.9 Å². The van der Waals surface area contributed by atoms with Crippen LogP contribution < -0.4 is 26.9 Å². The zero-order valence-corrected chi connectivity index (χ0v) is 66.6. The second kappa shape index (κ2) is 34.0. The fourth-order valence-corrected chi connectivity index (χ4v) is 15.4. The number of hydrogen-bond donors (Lipinski definition) is 5. The van der Waals surface area contributed by atoms with E-state index in [1.165, 1.54) is 11.1 Å². The number of imidazole rings is 2. The van der Waals surface area contributed by atoms with Gasteiger partial charge in [0.25, 0.3) is 0 Å². The first-order valence-corrected chi connectivity index (χ1v) is 39.2. The zero-order valence-electron chi connectivity index (χ0n) is 66.4. The second-order valence-electron chi connectivity index (χ2n) is 33.2. The molecule has 0 aliphatic carbocycles. The van der Waals surface area contributed by atoms with E-state index in [9.17, 15) is 9.59 Å². The van der Waals surface area contributed by atoms with Crippen molar-refractivity contribution in [2.24, 2.45) is 0 Å². The Hall–Kier alpha value is -6.91. The molecule has 7 aliphatic heterocycles. The van der Waals surface area contributed by atoms with Gasteiger partial charge in [-0.2, -0.15) is 0 Å². The predicted molar refractivity (Wildman–Crippen MR) is 444 cm³/mol. The number of amides is 2. The number of likely N-dealkylation sites (tertiary alicyclic amines) is 2. The van der Waals surface area contributed by atoms with Crippen LogP contribution in [0.25, 0.3) is 22.5 Å². The molecule has 7 aliphatic rings. The van der Waals surface area contributed by atoms with Crippen molar-refractivity contribution < 1.29 is 41.9 Å². The molecule has 7 saturated heterocycles. The molecule has 2 amide bonds. The third kappa shape index (κ3) is 19.3. The Morgan fingerprint density at radius 2 is 0.676 bits per heavy atom. The standard InChI is InChI=1S/C40H51N7O4.C28H39B2NO4.C16H15Br2N.3CH4/c1-39(2,3)50-37(48)46-21-7-9-33(46)35-41-23-31(44-35)27-15-11-25(12-16-27)29-19-20-30(43-29)26-13-17-28(18-14-26)32-24-42-36(45-32)34-10-8-22-47(34)38(49)51-40(4,5)6;1-25(2)26(3,4)33-29(32-25)21-13-9-19(10-14-21)23-17-18-24(31-23)20-11-15-22(16-12-20)30-34-27(5,6)28(7,8)35-30;17-13-5-1-11(2-6-13)15-9-10-16(19-15)12-3-7-14(18)8-4-12;;;/h11-18,23-24,29-30,33-34,43H,7-10,19-22H2,1-6H3,(H,41,44)(H,42,45);9-16,23-24,31H,17-18H2,1-8H3;1-8,15-16,19H,9-10H2;3*1H4/i/hD3. The summed E-state index contributed by atoms with van der Waals surface area (Å²) in [6, 6.07) is 50.5. The molecule has 578 valence electrons. The molecule has 21 heteroatoms. The van der Waals surface area contributed by atoms with E-state index in [0.717, 1.165) is 140 Å². The number of carbonyl (C=O) groups is 2. The number of nitrogens with zero attached hydrogens (tertiary/aromatic N) is 4. The molecule has 0 saturated carbocycles. The Balaban J connectivity index is 0.000000192. The summed E-state index contributed by atoms with van der Waals surface area (Å²) < 4.78 is 64.7. The highest BCUT2D eigenvalue weighted by molar-refractivity contribution is 9.10. The van der Waals surface area contributed by atoms with Gasteiger partial charge in [0, 0.05) is 58.3 Å². The van der Waals surface area contributed by atoms with E-state index in [1.54, 1.807) is 25.7 Å². The summed E-state index contributed by atoms with van der Waals surface area (Å²) in [6.07, 6.45) is 12.3. The van der Waals surface area contributed by atoms with E-state index in [-0.39, 0.29) is 119 Å². The summed E-state index contributed by atoms with van der Waals surface area (Å²) >= 11 is 6.92. The van der Waals surface area contributed by atoms with Gasteiger partial charge in [0.2, 0.25) is 0 Å². The number of benzene rings is 6. The first kappa shape index (κ1) is 79.2. The van der Waals surface area contributed by atoms with Gasteiger partial charge in [0.1, 0.15) is 27.1 Å². The summed E-state index contributed by atoms with van der Waals surface area (Å²) in [6.45, 7) is 29.2. The molecule has 17 nitrogen and oxygen atoms in total. The molecule has 8 unspecified atom stereocenters. The van der Waals surface area contributed by atoms with Gasteiger partial charge in [-0.3, -0.25) is 9.80 Å². The number of aromatic nitrogens is 4. The molecule has 2 aromatic heterocycles. The Morgan fingerprint density at radius 3 is 0.935 bits per heavy atom. The number of aromatic amines is 2. The third-order valence-corrected chi connectivity index (χ3v) is 23.3. The maximum absolute atomic E-state index is 12.8. The van der Waals surface area contributed by atoms with Gasteiger partial charge in [-0.25, -0.2) is 19.6 Å². The number of rotatable bonds is 12. The summed E-state index contributed by atoms with van der Waals surface area (Å²) in [5, 5.41) is 5.25. The van der Waals surface area contributed by atoms with Gasteiger partial charge in [0.15, 0.2) is 0 Å². The molecule has 0 spiro atoms. The molecule has 8 atom stereocenters. The normalized spacial score (nSPS) is 24.8. The molecule has 15 rings (SSSR count). The summed E-state index contributed by atoms with van der Waals surface area (Å²) in [5.74, 6) is 1.55.